The van der Waals surface area contributed by atoms with Gasteiger partial charge in [0, 0.05) is 5.69 Å². The third-order valence-corrected chi connectivity index (χ3v) is 3.49. The molecule has 0 saturated heterocycles. The summed E-state index contributed by atoms with van der Waals surface area (Å²) >= 11 is 6.00. The van der Waals surface area contributed by atoms with E-state index in [9.17, 15) is 4.79 Å². The molecule has 0 aromatic carbocycles. The van der Waals surface area contributed by atoms with Crippen LogP contribution < -0.4 is 4.74 Å². The van der Waals surface area contributed by atoms with Crippen molar-refractivity contribution in [1.29, 1.82) is 0 Å². The lowest BCUT2D eigenvalue weighted by atomic mass is 9.87. The number of carboxylic acids is 1. The summed E-state index contributed by atoms with van der Waals surface area (Å²) in [5.41, 5.74) is 0.833. The molecule has 1 saturated carbocycles. The van der Waals surface area contributed by atoms with Crippen molar-refractivity contribution < 1.29 is 14.6 Å². The molecule has 98 valence electrons. The highest BCUT2D eigenvalue weighted by molar-refractivity contribution is 6.30. The lowest BCUT2D eigenvalue weighted by Crippen LogP contribution is -2.29. The molecule has 5 heteroatoms. The Labute approximate surface area is 111 Å². The van der Waals surface area contributed by atoms with Crippen LogP contribution in [0.2, 0.25) is 5.15 Å². The molecule has 1 N–H and O–H groups in total. The summed E-state index contributed by atoms with van der Waals surface area (Å²) in [5, 5.41) is 9.36. The first-order chi connectivity index (χ1) is 8.56. The molecular formula is C13H16ClNO3. The zero-order chi connectivity index (χ0) is 13.1. The summed E-state index contributed by atoms with van der Waals surface area (Å²) < 4.78 is 5.76. The van der Waals surface area contributed by atoms with Crippen LogP contribution in [0.4, 0.5) is 0 Å². The van der Waals surface area contributed by atoms with E-state index >= 15 is 0 Å². The second kappa shape index (κ2) is 5.57. The fraction of sp³-hybridized carbons (Fsp3) is 0.538. The quantitative estimate of drug-likeness (QED) is 0.857. The molecule has 1 aliphatic carbocycles. The van der Waals surface area contributed by atoms with E-state index in [0.29, 0.717) is 17.3 Å². The van der Waals surface area contributed by atoms with E-state index in [1.807, 2.05) is 13.0 Å². The molecule has 0 bridgehead atoms. The minimum absolute atomic E-state index is 0.0816. The van der Waals surface area contributed by atoms with Crippen molar-refractivity contribution in [3.8, 4) is 5.75 Å². The zero-order valence-electron chi connectivity index (χ0n) is 10.2. The Morgan fingerprint density at radius 3 is 2.94 bits per heavy atom. The summed E-state index contributed by atoms with van der Waals surface area (Å²) in [7, 11) is 0. The molecule has 2 rings (SSSR count). The molecule has 0 spiro atoms. The predicted octanol–water partition coefficient (Wildman–Crippen LogP) is 3.07. The zero-order valence-corrected chi connectivity index (χ0v) is 11.0. The third-order valence-electron chi connectivity index (χ3n) is 3.22. The predicted molar refractivity (Wildman–Crippen MR) is 68.0 cm³/mol. The molecule has 0 unspecified atom stereocenters. The lowest BCUT2D eigenvalue weighted by Gasteiger charge is -2.27. The number of rotatable bonds is 3. The molecule has 1 fully saturated rings. The molecule has 1 heterocycles. The Balaban J connectivity index is 2.02. The van der Waals surface area contributed by atoms with Crippen LogP contribution in [0, 0.1) is 12.8 Å². The molecule has 0 aliphatic heterocycles. The fourth-order valence-corrected chi connectivity index (χ4v) is 2.50. The monoisotopic (exact) mass is 269 g/mol. The first-order valence-corrected chi connectivity index (χ1v) is 6.46. The number of aromatic nitrogens is 1. The minimum atomic E-state index is -0.739. The second-order valence-electron chi connectivity index (χ2n) is 4.68. The van der Waals surface area contributed by atoms with Crippen LogP contribution in [-0.4, -0.2) is 22.2 Å². The van der Waals surface area contributed by atoms with E-state index in [-0.39, 0.29) is 12.0 Å². The average Bonchev–Trinajstić information content (AvgIpc) is 2.33. The van der Waals surface area contributed by atoms with Gasteiger partial charge in [0.1, 0.15) is 0 Å². The first-order valence-electron chi connectivity index (χ1n) is 6.09. The van der Waals surface area contributed by atoms with Crippen molar-refractivity contribution in [2.24, 2.45) is 5.92 Å². The molecule has 2 atom stereocenters. The number of carboxylic acid groups (broad SMARTS) is 1. The standard InChI is InChI=1S/C13H16ClNO3/c1-8-5-6-11(12(14)15-8)18-10-4-2-3-9(7-10)13(16)17/h5-6,9-10H,2-4,7H2,1H3,(H,16,17)/t9-,10-/m0/s1. The summed E-state index contributed by atoms with van der Waals surface area (Å²) in [6.45, 7) is 1.86. The van der Waals surface area contributed by atoms with Crippen LogP contribution in [0.3, 0.4) is 0 Å². The number of aryl methyl sites for hydroxylation is 1. The van der Waals surface area contributed by atoms with Gasteiger partial charge >= 0.3 is 5.97 Å². The van der Waals surface area contributed by atoms with Crippen LogP contribution >= 0.6 is 11.6 Å². The lowest BCUT2D eigenvalue weighted by molar-refractivity contribution is -0.143. The first kappa shape index (κ1) is 13.1. The number of hydrogen-bond donors (Lipinski definition) is 1. The SMILES string of the molecule is Cc1ccc(O[C@H]2CCC[C@H](C(=O)O)C2)c(Cl)n1. The molecule has 0 radical (unpaired) electrons. The third kappa shape index (κ3) is 3.13. The second-order valence-corrected chi connectivity index (χ2v) is 5.04. The Morgan fingerprint density at radius 1 is 1.50 bits per heavy atom. The van der Waals surface area contributed by atoms with E-state index in [4.69, 9.17) is 21.4 Å². The van der Waals surface area contributed by atoms with Crippen LogP contribution in [0.1, 0.15) is 31.4 Å². The molecule has 0 amide bonds. The highest BCUT2D eigenvalue weighted by Gasteiger charge is 2.28. The maximum atomic E-state index is 11.0. The number of pyridine rings is 1. The number of nitrogens with zero attached hydrogens (tertiary/aromatic N) is 1. The Morgan fingerprint density at radius 2 is 2.28 bits per heavy atom. The fourth-order valence-electron chi connectivity index (χ4n) is 2.26. The summed E-state index contributed by atoms with van der Waals surface area (Å²) in [5.74, 6) is -0.504. The highest BCUT2D eigenvalue weighted by atomic mass is 35.5. The van der Waals surface area contributed by atoms with Gasteiger partial charge in [-0.3, -0.25) is 4.79 Å². The Kier molecular flexibility index (Phi) is 4.07. The Bertz CT molecular complexity index is 450. The van der Waals surface area contributed by atoms with E-state index in [2.05, 4.69) is 4.98 Å². The Hall–Kier alpha value is -1.29. The summed E-state index contributed by atoms with van der Waals surface area (Å²) in [4.78, 5) is 15.1. The van der Waals surface area contributed by atoms with Crippen molar-refractivity contribution >= 4 is 17.6 Å². The van der Waals surface area contributed by atoms with Gasteiger partial charge in [-0.1, -0.05) is 11.6 Å². The number of carbonyl (C=O) groups is 1. The van der Waals surface area contributed by atoms with E-state index in [0.717, 1.165) is 25.0 Å². The van der Waals surface area contributed by atoms with Crippen molar-refractivity contribution in [3.63, 3.8) is 0 Å². The van der Waals surface area contributed by atoms with Gasteiger partial charge in [0.25, 0.3) is 0 Å². The molecule has 1 aromatic heterocycles. The summed E-state index contributed by atoms with van der Waals surface area (Å²) in [6, 6.07) is 3.62. The van der Waals surface area contributed by atoms with Crippen LogP contribution in [-0.2, 0) is 4.79 Å². The smallest absolute Gasteiger partial charge is 0.306 e. The van der Waals surface area contributed by atoms with Crippen molar-refractivity contribution in [3.05, 3.63) is 23.0 Å². The van der Waals surface area contributed by atoms with Crippen LogP contribution in [0.5, 0.6) is 5.75 Å². The number of ether oxygens (including phenoxy) is 1. The van der Waals surface area contributed by atoms with Gasteiger partial charge in [-0.2, -0.15) is 0 Å². The van der Waals surface area contributed by atoms with Gasteiger partial charge in [-0.25, -0.2) is 4.98 Å². The van der Waals surface area contributed by atoms with Crippen LogP contribution in [0.15, 0.2) is 12.1 Å². The number of hydrogen-bond acceptors (Lipinski definition) is 3. The topological polar surface area (TPSA) is 59.4 Å². The van der Waals surface area contributed by atoms with E-state index in [1.54, 1.807) is 6.07 Å². The molecular weight excluding hydrogens is 254 g/mol. The molecule has 1 aromatic rings. The minimum Gasteiger partial charge on any atom is -0.487 e. The van der Waals surface area contributed by atoms with E-state index in [1.165, 1.54) is 0 Å². The molecule has 1 aliphatic rings. The maximum absolute atomic E-state index is 11.0. The highest BCUT2D eigenvalue weighted by Crippen LogP contribution is 2.30. The van der Waals surface area contributed by atoms with Crippen molar-refractivity contribution in [1.82, 2.24) is 4.98 Å². The van der Waals surface area contributed by atoms with Gasteiger partial charge in [-0.05, 0) is 44.7 Å². The van der Waals surface area contributed by atoms with Gasteiger partial charge in [0.05, 0.1) is 12.0 Å². The van der Waals surface area contributed by atoms with Crippen molar-refractivity contribution in [2.75, 3.05) is 0 Å². The van der Waals surface area contributed by atoms with Crippen LogP contribution in [0.25, 0.3) is 0 Å². The maximum Gasteiger partial charge on any atom is 0.306 e. The van der Waals surface area contributed by atoms with Gasteiger partial charge in [0.15, 0.2) is 10.9 Å². The molecule has 4 nitrogen and oxygen atoms in total. The van der Waals surface area contributed by atoms with Gasteiger partial charge in [-0.15, -0.1) is 0 Å². The summed E-state index contributed by atoms with van der Waals surface area (Å²) in [6.07, 6.45) is 2.93. The van der Waals surface area contributed by atoms with Crippen molar-refractivity contribution in [2.45, 2.75) is 38.7 Å². The normalized spacial score (nSPS) is 23.7. The van der Waals surface area contributed by atoms with Gasteiger partial charge < -0.3 is 9.84 Å². The molecule has 18 heavy (non-hydrogen) atoms. The average molecular weight is 270 g/mol. The largest absolute Gasteiger partial charge is 0.487 e. The van der Waals surface area contributed by atoms with E-state index < -0.39 is 5.97 Å². The van der Waals surface area contributed by atoms with Gasteiger partial charge in [0.2, 0.25) is 0 Å². The number of aliphatic carboxylic acids is 1. The number of halogens is 1.